The summed E-state index contributed by atoms with van der Waals surface area (Å²) in [5.74, 6) is 0.476. The van der Waals surface area contributed by atoms with E-state index >= 15 is 0 Å². The fourth-order valence-corrected chi connectivity index (χ4v) is 2.17. The van der Waals surface area contributed by atoms with Crippen LogP contribution in [0.5, 0.6) is 11.5 Å². The maximum absolute atomic E-state index is 9.78. The standard InChI is InChI=1S/C18H20N2O2/c1-13(15-7-3-5-9-17(15)21)19-11-12-20-14(2)16-8-4-6-10-18(16)22/h3-11,13,21-22H,12H2,1-2H3. The van der Waals surface area contributed by atoms with Crippen LogP contribution in [0.4, 0.5) is 0 Å². The Kier molecular flexibility index (Phi) is 5.31. The van der Waals surface area contributed by atoms with Gasteiger partial charge in [-0.2, -0.15) is 0 Å². The third-order valence-electron chi connectivity index (χ3n) is 3.42. The summed E-state index contributed by atoms with van der Waals surface area (Å²) in [5.41, 5.74) is 2.28. The highest BCUT2D eigenvalue weighted by atomic mass is 16.3. The van der Waals surface area contributed by atoms with Gasteiger partial charge in [0.05, 0.1) is 12.6 Å². The van der Waals surface area contributed by atoms with Gasteiger partial charge < -0.3 is 10.2 Å². The van der Waals surface area contributed by atoms with E-state index in [1.807, 2.05) is 38.1 Å². The van der Waals surface area contributed by atoms with E-state index in [0.29, 0.717) is 6.54 Å². The summed E-state index contributed by atoms with van der Waals surface area (Å²) in [6.45, 7) is 4.21. The van der Waals surface area contributed by atoms with Crippen molar-refractivity contribution in [1.82, 2.24) is 0 Å². The van der Waals surface area contributed by atoms with Gasteiger partial charge in [-0.15, -0.1) is 0 Å². The van der Waals surface area contributed by atoms with Crippen molar-refractivity contribution in [3.63, 3.8) is 0 Å². The Morgan fingerprint density at radius 3 is 2.36 bits per heavy atom. The molecular formula is C18H20N2O2. The van der Waals surface area contributed by atoms with Crippen LogP contribution in [0, 0.1) is 0 Å². The molecular weight excluding hydrogens is 276 g/mol. The number of aliphatic imine (C=N–C) groups is 2. The molecule has 0 saturated heterocycles. The van der Waals surface area contributed by atoms with E-state index in [1.54, 1.807) is 30.5 Å². The molecule has 2 N–H and O–H groups in total. The number of phenols is 2. The van der Waals surface area contributed by atoms with Crippen LogP contribution in [0.15, 0.2) is 58.5 Å². The van der Waals surface area contributed by atoms with Crippen molar-refractivity contribution < 1.29 is 10.2 Å². The Hall–Kier alpha value is -2.62. The van der Waals surface area contributed by atoms with Gasteiger partial charge in [0, 0.05) is 23.1 Å². The molecule has 0 aliphatic heterocycles. The summed E-state index contributed by atoms with van der Waals surface area (Å²) >= 11 is 0. The third-order valence-corrected chi connectivity index (χ3v) is 3.42. The second-order valence-electron chi connectivity index (χ2n) is 5.01. The van der Waals surface area contributed by atoms with Gasteiger partial charge in [0.1, 0.15) is 11.5 Å². The predicted molar refractivity (Wildman–Crippen MR) is 90.2 cm³/mol. The number of aromatic hydroxyl groups is 2. The molecule has 114 valence electrons. The molecule has 0 saturated carbocycles. The smallest absolute Gasteiger partial charge is 0.124 e. The van der Waals surface area contributed by atoms with Gasteiger partial charge in [-0.1, -0.05) is 30.3 Å². The Labute approximate surface area is 130 Å². The molecule has 0 aromatic heterocycles. The van der Waals surface area contributed by atoms with Crippen LogP contribution in [0.1, 0.15) is 31.0 Å². The summed E-state index contributed by atoms with van der Waals surface area (Å²) in [6.07, 6.45) is 1.72. The lowest BCUT2D eigenvalue weighted by Gasteiger charge is -2.08. The van der Waals surface area contributed by atoms with E-state index in [4.69, 9.17) is 0 Å². The number of rotatable bonds is 5. The van der Waals surface area contributed by atoms with E-state index < -0.39 is 0 Å². The number of phenolic OH excluding ortho intramolecular Hbond substituents is 2. The molecule has 2 aromatic rings. The molecule has 0 heterocycles. The Balaban J connectivity index is 2.00. The van der Waals surface area contributed by atoms with Gasteiger partial charge >= 0.3 is 0 Å². The lowest BCUT2D eigenvalue weighted by atomic mass is 10.1. The average Bonchev–Trinajstić information content (AvgIpc) is 2.52. The van der Waals surface area contributed by atoms with Crippen LogP contribution < -0.4 is 0 Å². The van der Waals surface area contributed by atoms with Crippen molar-refractivity contribution in [1.29, 1.82) is 0 Å². The molecule has 0 radical (unpaired) electrons. The summed E-state index contributed by atoms with van der Waals surface area (Å²) in [6, 6.07) is 14.2. The summed E-state index contributed by atoms with van der Waals surface area (Å²) in [5, 5.41) is 19.5. The minimum Gasteiger partial charge on any atom is -0.508 e. The number of benzene rings is 2. The zero-order valence-electron chi connectivity index (χ0n) is 12.8. The lowest BCUT2D eigenvalue weighted by molar-refractivity contribution is 0.464. The zero-order chi connectivity index (χ0) is 15.9. The van der Waals surface area contributed by atoms with Crippen LogP contribution in [-0.4, -0.2) is 28.7 Å². The third kappa shape index (κ3) is 3.95. The van der Waals surface area contributed by atoms with Gasteiger partial charge in [0.2, 0.25) is 0 Å². The molecule has 4 heteroatoms. The maximum atomic E-state index is 9.78. The van der Waals surface area contributed by atoms with E-state index in [0.717, 1.165) is 16.8 Å². The van der Waals surface area contributed by atoms with Crippen molar-refractivity contribution in [3.8, 4) is 11.5 Å². The molecule has 1 unspecified atom stereocenters. The van der Waals surface area contributed by atoms with Crippen molar-refractivity contribution in [3.05, 3.63) is 59.7 Å². The first-order valence-electron chi connectivity index (χ1n) is 7.18. The number of para-hydroxylation sites is 2. The van der Waals surface area contributed by atoms with Gasteiger partial charge in [0.25, 0.3) is 0 Å². The van der Waals surface area contributed by atoms with Crippen LogP contribution in [0.3, 0.4) is 0 Å². The first kappa shape index (κ1) is 15.8. The van der Waals surface area contributed by atoms with Crippen molar-refractivity contribution in [2.45, 2.75) is 19.9 Å². The fraction of sp³-hybridized carbons (Fsp3) is 0.222. The Morgan fingerprint density at radius 1 is 1.05 bits per heavy atom. The molecule has 0 aliphatic carbocycles. The van der Waals surface area contributed by atoms with E-state index in [-0.39, 0.29) is 17.5 Å². The largest absolute Gasteiger partial charge is 0.508 e. The van der Waals surface area contributed by atoms with Crippen molar-refractivity contribution in [2.75, 3.05) is 6.54 Å². The quantitative estimate of drug-likeness (QED) is 0.825. The first-order valence-corrected chi connectivity index (χ1v) is 7.18. The minimum atomic E-state index is -0.123. The van der Waals surface area contributed by atoms with Gasteiger partial charge in [0.15, 0.2) is 0 Å². The summed E-state index contributed by atoms with van der Waals surface area (Å²) < 4.78 is 0. The minimum absolute atomic E-state index is 0.123. The normalized spacial score (nSPS) is 13.5. The van der Waals surface area contributed by atoms with Crippen LogP contribution in [0.2, 0.25) is 0 Å². The Bertz CT molecular complexity index is 693. The van der Waals surface area contributed by atoms with Crippen LogP contribution in [-0.2, 0) is 0 Å². The molecule has 0 fully saturated rings. The first-order chi connectivity index (χ1) is 10.6. The second kappa shape index (κ2) is 7.41. The van der Waals surface area contributed by atoms with E-state index in [1.165, 1.54) is 0 Å². The zero-order valence-corrected chi connectivity index (χ0v) is 12.8. The molecule has 0 bridgehead atoms. The van der Waals surface area contributed by atoms with Gasteiger partial charge in [-0.3, -0.25) is 9.98 Å². The van der Waals surface area contributed by atoms with Gasteiger partial charge in [-0.05, 0) is 32.0 Å². The SMILES string of the molecule is CC(=NCC=NC(C)c1ccccc1O)c1ccccc1O. The summed E-state index contributed by atoms with van der Waals surface area (Å²) in [7, 11) is 0. The predicted octanol–water partition coefficient (Wildman–Crippen LogP) is 3.74. The fourth-order valence-electron chi connectivity index (χ4n) is 2.17. The van der Waals surface area contributed by atoms with Crippen LogP contribution in [0.25, 0.3) is 0 Å². The number of hydrogen-bond acceptors (Lipinski definition) is 4. The molecule has 2 rings (SSSR count). The molecule has 22 heavy (non-hydrogen) atoms. The number of nitrogens with zero attached hydrogens (tertiary/aromatic N) is 2. The second-order valence-corrected chi connectivity index (χ2v) is 5.01. The molecule has 0 spiro atoms. The van der Waals surface area contributed by atoms with Gasteiger partial charge in [-0.25, -0.2) is 0 Å². The van der Waals surface area contributed by atoms with Crippen molar-refractivity contribution in [2.24, 2.45) is 9.98 Å². The van der Waals surface area contributed by atoms with E-state index in [9.17, 15) is 10.2 Å². The summed E-state index contributed by atoms with van der Waals surface area (Å²) in [4.78, 5) is 8.78. The molecule has 1 atom stereocenters. The highest BCUT2D eigenvalue weighted by molar-refractivity contribution is 6.01. The molecule has 4 nitrogen and oxygen atoms in total. The monoisotopic (exact) mass is 296 g/mol. The van der Waals surface area contributed by atoms with E-state index in [2.05, 4.69) is 9.98 Å². The highest BCUT2D eigenvalue weighted by Crippen LogP contribution is 2.25. The lowest BCUT2D eigenvalue weighted by Crippen LogP contribution is -1.98. The number of hydrogen-bond donors (Lipinski definition) is 2. The van der Waals surface area contributed by atoms with Crippen LogP contribution >= 0.6 is 0 Å². The average molecular weight is 296 g/mol. The maximum Gasteiger partial charge on any atom is 0.124 e. The van der Waals surface area contributed by atoms with Crippen molar-refractivity contribution >= 4 is 11.9 Å². The molecule has 2 aromatic carbocycles. The molecule has 0 aliphatic rings. The topological polar surface area (TPSA) is 65.2 Å². The molecule has 0 amide bonds. The highest BCUT2D eigenvalue weighted by Gasteiger charge is 2.06. The Morgan fingerprint density at radius 2 is 1.68 bits per heavy atom.